The van der Waals surface area contributed by atoms with Crippen LogP contribution in [-0.4, -0.2) is 24.2 Å². The molecule has 0 aliphatic rings. The first-order valence-corrected chi connectivity index (χ1v) is 8.26. The van der Waals surface area contributed by atoms with E-state index in [1.165, 1.54) is 11.3 Å². The van der Waals surface area contributed by atoms with Crippen LogP contribution in [-0.2, 0) is 0 Å². The zero-order chi connectivity index (χ0) is 16.8. The number of carbonyl (C=O) groups is 1. The zero-order valence-corrected chi connectivity index (χ0v) is 13.9. The van der Waals surface area contributed by atoms with E-state index in [2.05, 4.69) is 20.8 Å². The molecule has 3 aromatic rings. The van der Waals surface area contributed by atoms with Crippen molar-refractivity contribution in [1.29, 1.82) is 0 Å². The Kier molecular flexibility index (Phi) is 4.98. The number of anilines is 1. The number of carbonyl (C=O) groups excluding carboxylic acids is 1. The van der Waals surface area contributed by atoms with Crippen molar-refractivity contribution in [2.45, 2.75) is 0 Å². The molecular formula is C18H16N4OS. The molecule has 1 aromatic heterocycles. The van der Waals surface area contributed by atoms with Gasteiger partial charge in [-0.25, -0.2) is 4.98 Å². The summed E-state index contributed by atoms with van der Waals surface area (Å²) < 4.78 is 0. The van der Waals surface area contributed by atoms with E-state index in [0.29, 0.717) is 10.7 Å². The maximum Gasteiger partial charge on any atom is 0.251 e. The van der Waals surface area contributed by atoms with Crippen molar-refractivity contribution >= 4 is 28.6 Å². The molecule has 6 heteroatoms. The minimum Gasteiger partial charge on any atom is -0.355 e. The summed E-state index contributed by atoms with van der Waals surface area (Å²) in [5.74, 6) is -0.120. The molecule has 120 valence electrons. The number of nitrogens with one attached hydrogen (secondary N) is 2. The Morgan fingerprint density at radius 3 is 2.79 bits per heavy atom. The highest BCUT2D eigenvalue weighted by Gasteiger charge is 2.04. The molecule has 0 aliphatic carbocycles. The van der Waals surface area contributed by atoms with Gasteiger partial charge in [0.1, 0.15) is 0 Å². The third-order valence-electron chi connectivity index (χ3n) is 3.32. The summed E-state index contributed by atoms with van der Waals surface area (Å²) in [5.41, 5.74) is 6.35. The fraction of sp³-hybridized carbons (Fsp3) is 0.0556. The Bertz CT molecular complexity index is 858. The number of nitrogens with zero attached hydrogens (tertiary/aromatic N) is 2. The lowest BCUT2D eigenvalue weighted by Gasteiger charge is -2.00. The molecule has 0 aliphatic heterocycles. The van der Waals surface area contributed by atoms with E-state index in [0.717, 1.165) is 16.8 Å². The Hall–Kier alpha value is -2.99. The van der Waals surface area contributed by atoms with Gasteiger partial charge in [-0.05, 0) is 17.7 Å². The number of rotatable bonds is 5. The van der Waals surface area contributed by atoms with E-state index in [9.17, 15) is 4.79 Å². The predicted molar refractivity (Wildman–Crippen MR) is 98.6 cm³/mol. The second-order valence-corrected chi connectivity index (χ2v) is 5.84. The molecule has 2 aromatic carbocycles. The highest BCUT2D eigenvalue weighted by atomic mass is 32.1. The van der Waals surface area contributed by atoms with Crippen molar-refractivity contribution < 1.29 is 4.79 Å². The van der Waals surface area contributed by atoms with E-state index < -0.39 is 0 Å². The average Bonchev–Trinajstić information content (AvgIpc) is 3.11. The van der Waals surface area contributed by atoms with Crippen LogP contribution < -0.4 is 10.7 Å². The van der Waals surface area contributed by atoms with Gasteiger partial charge in [-0.1, -0.05) is 42.5 Å². The molecule has 0 bridgehead atoms. The molecule has 0 spiro atoms. The van der Waals surface area contributed by atoms with Crippen LogP contribution in [0.5, 0.6) is 0 Å². The van der Waals surface area contributed by atoms with Gasteiger partial charge in [-0.15, -0.1) is 11.3 Å². The summed E-state index contributed by atoms with van der Waals surface area (Å²) in [7, 11) is 1.61. The largest absolute Gasteiger partial charge is 0.355 e. The van der Waals surface area contributed by atoms with Crippen LogP contribution in [0.4, 0.5) is 5.13 Å². The normalized spacial score (nSPS) is 10.7. The van der Waals surface area contributed by atoms with Gasteiger partial charge in [0.15, 0.2) is 0 Å². The Labute approximate surface area is 144 Å². The Morgan fingerprint density at radius 1 is 1.17 bits per heavy atom. The van der Waals surface area contributed by atoms with Gasteiger partial charge in [0, 0.05) is 23.6 Å². The first kappa shape index (κ1) is 15.9. The monoisotopic (exact) mass is 336 g/mol. The average molecular weight is 336 g/mol. The lowest BCUT2D eigenvalue weighted by Crippen LogP contribution is -2.17. The first-order valence-electron chi connectivity index (χ1n) is 7.38. The van der Waals surface area contributed by atoms with Crippen LogP contribution in [0, 0.1) is 0 Å². The lowest BCUT2D eigenvalue weighted by molar-refractivity contribution is 0.0963. The smallest absolute Gasteiger partial charge is 0.251 e. The minimum absolute atomic E-state index is 0.120. The van der Waals surface area contributed by atoms with Crippen LogP contribution >= 0.6 is 11.3 Å². The summed E-state index contributed by atoms with van der Waals surface area (Å²) in [5, 5.41) is 9.49. The van der Waals surface area contributed by atoms with Crippen LogP contribution in [0.25, 0.3) is 11.3 Å². The summed E-state index contributed by atoms with van der Waals surface area (Å²) in [6, 6.07) is 17.2. The van der Waals surface area contributed by atoms with Gasteiger partial charge in [0.05, 0.1) is 11.9 Å². The SMILES string of the molecule is CNC(=O)c1cccc(C=NNc2nc(-c3ccccc3)cs2)c1. The lowest BCUT2D eigenvalue weighted by atomic mass is 10.1. The number of amides is 1. The molecule has 1 heterocycles. The van der Waals surface area contributed by atoms with Crippen LogP contribution in [0.3, 0.4) is 0 Å². The van der Waals surface area contributed by atoms with E-state index >= 15 is 0 Å². The fourth-order valence-electron chi connectivity index (χ4n) is 2.13. The van der Waals surface area contributed by atoms with E-state index in [-0.39, 0.29) is 5.91 Å². The number of thiazole rings is 1. The highest BCUT2D eigenvalue weighted by molar-refractivity contribution is 7.14. The van der Waals surface area contributed by atoms with Gasteiger partial charge in [-0.2, -0.15) is 5.10 Å². The molecule has 5 nitrogen and oxygen atoms in total. The fourth-order valence-corrected chi connectivity index (χ4v) is 2.80. The van der Waals surface area contributed by atoms with Crippen LogP contribution in [0.1, 0.15) is 15.9 Å². The predicted octanol–water partition coefficient (Wildman–Crippen LogP) is 3.62. The molecule has 1 amide bonds. The zero-order valence-electron chi connectivity index (χ0n) is 13.1. The summed E-state index contributed by atoms with van der Waals surface area (Å²) in [6.45, 7) is 0. The number of hydrogen-bond donors (Lipinski definition) is 2. The van der Waals surface area contributed by atoms with E-state index in [1.54, 1.807) is 25.4 Å². The van der Waals surface area contributed by atoms with Gasteiger partial charge >= 0.3 is 0 Å². The standard InChI is InChI=1S/C18H16N4OS/c1-19-17(23)15-9-5-6-13(10-15)11-20-22-18-21-16(12-24-18)14-7-3-2-4-8-14/h2-12H,1H3,(H,19,23)(H,21,22). The van der Waals surface area contributed by atoms with Crippen LogP contribution in [0.15, 0.2) is 65.1 Å². The van der Waals surface area contributed by atoms with Crippen molar-refractivity contribution in [3.05, 3.63) is 71.1 Å². The van der Waals surface area contributed by atoms with Crippen molar-refractivity contribution in [2.24, 2.45) is 5.10 Å². The number of hydrogen-bond acceptors (Lipinski definition) is 5. The molecule has 2 N–H and O–H groups in total. The molecule has 24 heavy (non-hydrogen) atoms. The maximum absolute atomic E-state index is 11.6. The van der Waals surface area contributed by atoms with Gasteiger partial charge < -0.3 is 5.32 Å². The highest BCUT2D eigenvalue weighted by Crippen LogP contribution is 2.24. The molecular weight excluding hydrogens is 320 g/mol. The van der Waals surface area contributed by atoms with Crippen molar-refractivity contribution in [3.63, 3.8) is 0 Å². The third kappa shape index (κ3) is 3.85. The second-order valence-electron chi connectivity index (χ2n) is 4.98. The van der Waals surface area contributed by atoms with Gasteiger partial charge in [-0.3, -0.25) is 10.2 Å². The molecule has 0 fully saturated rings. The van der Waals surface area contributed by atoms with E-state index in [4.69, 9.17) is 0 Å². The Morgan fingerprint density at radius 2 is 2.00 bits per heavy atom. The topological polar surface area (TPSA) is 66.4 Å². The van der Waals surface area contributed by atoms with Gasteiger partial charge in [0.2, 0.25) is 5.13 Å². The van der Waals surface area contributed by atoms with Gasteiger partial charge in [0.25, 0.3) is 5.91 Å². The number of benzene rings is 2. The molecule has 0 radical (unpaired) electrons. The van der Waals surface area contributed by atoms with Crippen molar-refractivity contribution in [2.75, 3.05) is 12.5 Å². The number of hydrazone groups is 1. The Balaban J connectivity index is 1.67. The second kappa shape index (κ2) is 7.52. The molecule has 0 saturated carbocycles. The third-order valence-corrected chi connectivity index (χ3v) is 4.07. The van der Waals surface area contributed by atoms with Crippen molar-refractivity contribution in [3.8, 4) is 11.3 Å². The van der Waals surface area contributed by atoms with E-state index in [1.807, 2.05) is 47.8 Å². The quantitative estimate of drug-likeness (QED) is 0.552. The summed E-state index contributed by atoms with van der Waals surface area (Å²) in [4.78, 5) is 16.1. The summed E-state index contributed by atoms with van der Waals surface area (Å²) >= 11 is 1.49. The van der Waals surface area contributed by atoms with Crippen LogP contribution in [0.2, 0.25) is 0 Å². The molecule has 0 unspecified atom stereocenters. The molecule has 0 saturated heterocycles. The van der Waals surface area contributed by atoms with Crippen molar-refractivity contribution in [1.82, 2.24) is 10.3 Å². The summed E-state index contributed by atoms with van der Waals surface area (Å²) in [6.07, 6.45) is 1.66. The minimum atomic E-state index is -0.120. The molecule has 0 atom stereocenters. The number of aromatic nitrogens is 1. The first-order chi connectivity index (χ1) is 11.8. The molecule has 3 rings (SSSR count). The maximum atomic E-state index is 11.6.